The van der Waals surface area contributed by atoms with Gasteiger partial charge in [-0.15, -0.1) is 11.8 Å². The fourth-order valence-corrected chi connectivity index (χ4v) is 2.17. The van der Waals surface area contributed by atoms with E-state index in [1.165, 1.54) is 6.07 Å². The van der Waals surface area contributed by atoms with Gasteiger partial charge in [0.2, 0.25) is 0 Å². The Morgan fingerprint density at radius 2 is 2.05 bits per heavy atom. The summed E-state index contributed by atoms with van der Waals surface area (Å²) in [5, 5.41) is 12.2. The molecular weight excluding hydrogens is 260 g/mol. The van der Waals surface area contributed by atoms with Gasteiger partial charge in [-0.25, -0.2) is 4.79 Å². The number of nitrogens with two attached hydrogens (primary N) is 1. The fraction of sp³-hybridized carbons (Fsp3) is 0.0714. The molecule has 0 aliphatic rings. The molecule has 0 fully saturated rings. The molecule has 0 saturated carbocycles. The predicted octanol–water partition coefficient (Wildman–Crippen LogP) is 3.43. The summed E-state index contributed by atoms with van der Waals surface area (Å²) in [6.07, 6.45) is 1.99. The molecule has 0 atom stereocenters. The largest absolute Gasteiger partial charge is 0.478 e. The van der Waals surface area contributed by atoms with Crippen LogP contribution in [-0.4, -0.2) is 17.3 Å². The molecule has 0 amide bonds. The van der Waals surface area contributed by atoms with Gasteiger partial charge in [0.15, 0.2) is 0 Å². The van der Waals surface area contributed by atoms with Gasteiger partial charge in [0.1, 0.15) is 0 Å². The first-order valence-corrected chi connectivity index (χ1v) is 6.86. The van der Waals surface area contributed by atoms with Crippen molar-refractivity contribution in [3.05, 3.63) is 48.0 Å². The van der Waals surface area contributed by atoms with Gasteiger partial charge in [-0.2, -0.15) is 0 Å². The van der Waals surface area contributed by atoms with Gasteiger partial charge in [0.05, 0.1) is 11.3 Å². The summed E-state index contributed by atoms with van der Waals surface area (Å²) in [7, 11) is 0. The van der Waals surface area contributed by atoms with Gasteiger partial charge < -0.3 is 16.2 Å². The van der Waals surface area contributed by atoms with E-state index < -0.39 is 5.97 Å². The molecule has 0 aliphatic heterocycles. The molecule has 4 N–H and O–H groups in total. The van der Waals surface area contributed by atoms with E-state index in [2.05, 4.69) is 5.32 Å². The highest BCUT2D eigenvalue weighted by molar-refractivity contribution is 7.98. The van der Waals surface area contributed by atoms with Crippen molar-refractivity contribution in [2.75, 3.05) is 17.3 Å². The van der Waals surface area contributed by atoms with Crippen molar-refractivity contribution in [1.82, 2.24) is 0 Å². The summed E-state index contributed by atoms with van der Waals surface area (Å²) < 4.78 is 0. The number of carbonyl (C=O) groups is 1. The Morgan fingerprint density at radius 1 is 1.26 bits per heavy atom. The predicted molar refractivity (Wildman–Crippen MR) is 79.3 cm³/mol. The van der Waals surface area contributed by atoms with Crippen molar-refractivity contribution in [2.24, 2.45) is 0 Å². The average Bonchev–Trinajstić information content (AvgIpc) is 2.38. The van der Waals surface area contributed by atoms with E-state index in [0.717, 1.165) is 10.6 Å². The average molecular weight is 274 g/mol. The lowest BCUT2D eigenvalue weighted by atomic mass is 10.1. The van der Waals surface area contributed by atoms with Crippen molar-refractivity contribution in [2.45, 2.75) is 4.90 Å². The highest BCUT2D eigenvalue weighted by atomic mass is 32.2. The number of carboxylic acids is 1. The summed E-state index contributed by atoms with van der Waals surface area (Å²) in [5.74, 6) is -0.983. The highest BCUT2D eigenvalue weighted by Gasteiger charge is 2.10. The molecule has 0 spiro atoms. The van der Waals surface area contributed by atoms with Crippen LogP contribution in [0.4, 0.5) is 17.1 Å². The number of hydrogen-bond donors (Lipinski definition) is 3. The summed E-state index contributed by atoms with van der Waals surface area (Å²) in [4.78, 5) is 12.3. The number of benzene rings is 2. The molecule has 0 bridgehead atoms. The zero-order valence-corrected chi connectivity index (χ0v) is 11.2. The van der Waals surface area contributed by atoms with Crippen molar-refractivity contribution in [1.29, 1.82) is 0 Å². The first-order valence-electron chi connectivity index (χ1n) is 5.64. The summed E-state index contributed by atoms with van der Waals surface area (Å²) in [5.41, 5.74) is 7.74. The molecular formula is C14H14N2O2S. The Bertz CT molecular complexity index is 614. The van der Waals surface area contributed by atoms with E-state index in [1.807, 2.05) is 30.5 Å². The standard InChI is InChI=1S/C14H14N2O2S/c1-19-11-4-2-3-10(8-11)16-13-7-9(15)5-6-12(13)14(17)18/h2-8,16H,15H2,1H3,(H,17,18). The lowest BCUT2D eigenvalue weighted by Gasteiger charge is -2.11. The van der Waals surface area contributed by atoms with Gasteiger partial charge in [-0.1, -0.05) is 6.07 Å². The Balaban J connectivity index is 2.36. The van der Waals surface area contributed by atoms with Crippen LogP contribution in [0, 0.1) is 0 Å². The lowest BCUT2D eigenvalue weighted by Crippen LogP contribution is -2.03. The first kappa shape index (κ1) is 13.3. The molecule has 0 heterocycles. The van der Waals surface area contributed by atoms with Gasteiger partial charge in [0, 0.05) is 16.3 Å². The molecule has 0 saturated heterocycles. The number of thioether (sulfide) groups is 1. The van der Waals surface area contributed by atoms with E-state index in [1.54, 1.807) is 23.9 Å². The number of rotatable bonds is 4. The van der Waals surface area contributed by atoms with Crippen LogP contribution in [0.1, 0.15) is 10.4 Å². The van der Waals surface area contributed by atoms with Crippen LogP contribution in [0.25, 0.3) is 0 Å². The molecule has 0 aliphatic carbocycles. The number of nitrogen functional groups attached to an aromatic ring is 1. The van der Waals surface area contributed by atoms with Crippen LogP contribution in [0.2, 0.25) is 0 Å². The third kappa shape index (κ3) is 3.20. The maximum Gasteiger partial charge on any atom is 0.337 e. The van der Waals surface area contributed by atoms with E-state index in [9.17, 15) is 4.79 Å². The molecule has 2 aromatic rings. The first-order chi connectivity index (χ1) is 9.10. The number of anilines is 3. The van der Waals surface area contributed by atoms with Gasteiger partial charge in [-0.3, -0.25) is 0 Å². The molecule has 4 nitrogen and oxygen atoms in total. The van der Waals surface area contributed by atoms with Crippen LogP contribution < -0.4 is 11.1 Å². The summed E-state index contributed by atoms with van der Waals surface area (Å²) in [6.45, 7) is 0. The third-order valence-electron chi connectivity index (χ3n) is 2.62. The molecule has 98 valence electrons. The minimum atomic E-state index is -0.983. The van der Waals surface area contributed by atoms with Crippen LogP contribution in [-0.2, 0) is 0 Å². The number of nitrogens with one attached hydrogen (secondary N) is 1. The van der Waals surface area contributed by atoms with Gasteiger partial charge in [0.25, 0.3) is 0 Å². The molecule has 0 aromatic heterocycles. The quantitative estimate of drug-likeness (QED) is 0.588. The SMILES string of the molecule is CSc1cccc(Nc2cc(N)ccc2C(=O)O)c1. The zero-order chi connectivity index (χ0) is 13.8. The molecule has 5 heteroatoms. The zero-order valence-electron chi connectivity index (χ0n) is 10.4. The minimum Gasteiger partial charge on any atom is -0.478 e. The van der Waals surface area contributed by atoms with Crippen molar-refractivity contribution in [3.63, 3.8) is 0 Å². The van der Waals surface area contributed by atoms with Crippen molar-refractivity contribution < 1.29 is 9.90 Å². The van der Waals surface area contributed by atoms with Crippen LogP contribution in [0.15, 0.2) is 47.4 Å². The second kappa shape index (κ2) is 5.67. The van der Waals surface area contributed by atoms with Gasteiger partial charge in [-0.05, 0) is 42.7 Å². The second-order valence-corrected chi connectivity index (χ2v) is 4.85. The van der Waals surface area contributed by atoms with Crippen LogP contribution >= 0.6 is 11.8 Å². The molecule has 0 radical (unpaired) electrons. The fourth-order valence-electron chi connectivity index (χ4n) is 1.71. The Labute approximate surface area is 115 Å². The van der Waals surface area contributed by atoms with Crippen LogP contribution in [0.3, 0.4) is 0 Å². The molecule has 0 unspecified atom stereocenters. The summed E-state index contributed by atoms with van der Waals surface area (Å²) in [6, 6.07) is 12.4. The minimum absolute atomic E-state index is 0.198. The third-order valence-corrected chi connectivity index (χ3v) is 3.35. The number of aromatic carboxylic acids is 1. The van der Waals surface area contributed by atoms with Crippen molar-refractivity contribution in [3.8, 4) is 0 Å². The lowest BCUT2D eigenvalue weighted by molar-refractivity contribution is 0.0698. The van der Waals surface area contributed by atoms with E-state index in [0.29, 0.717) is 11.4 Å². The van der Waals surface area contributed by atoms with Crippen molar-refractivity contribution >= 4 is 34.8 Å². The smallest absolute Gasteiger partial charge is 0.337 e. The maximum absolute atomic E-state index is 11.2. The number of hydrogen-bond acceptors (Lipinski definition) is 4. The maximum atomic E-state index is 11.2. The Hall–Kier alpha value is -2.14. The number of carboxylic acid groups (broad SMARTS) is 1. The van der Waals surface area contributed by atoms with E-state index >= 15 is 0 Å². The highest BCUT2D eigenvalue weighted by Crippen LogP contribution is 2.26. The van der Waals surface area contributed by atoms with Crippen LogP contribution in [0.5, 0.6) is 0 Å². The van der Waals surface area contributed by atoms with E-state index in [-0.39, 0.29) is 5.56 Å². The molecule has 2 aromatic carbocycles. The summed E-state index contributed by atoms with van der Waals surface area (Å²) >= 11 is 1.63. The Kier molecular flexibility index (Phi) is 3.97. The monoisotopic (exact) mass is 274 g/mol. The molecule has 2 rings (SSSR count). The Morgan fingerprint density at radius 3 is 2.74 bits per heavy atom. The second-order valence-electron chi connectivity index (χ2n) is 3.97. The van der Waals surface area contributed by atoms with E-state index in [4.69, 9.17) is 10.8 Å². The van der Waals surface area contributed by atoms with Gasteiger partial charge >= 0.3 is 5.97 Å². The molecule has 19 heavy (non-hydrogen) atoms. The topological polar surface area (TPSA) is 75.3 Å². The normalized spacial score (nSPS) is 10.2.